The van der Waals surface area contributed by atoms with Crippen LogP contribution in [0.1, 0.15) is 36.4 Å². The van der Waals surface area contributed by atoms with Gasteiger partial charge in [0, 0.05) is 36.6 Å². The van der Waals surface area contributed by atoms with Crippen LogP contribution in [0.15, 0.2) is 36.7 Å². The maximum atomic E-state index is 13.3. The predicted molar refractivity (Wildman–Crippen MR) is 92.4 cm³/mol. The molecule has 28 heavy (non-hydrogen) atoms. The number of carbonyl (C=O) groups excluding carboxylic acids is 2. The SMILES string of the molecule is Cn1cc(C(NC(=O)[C@H]2[C@H]3CC[C@H](C3)[C@H]2C(=O)[O-])c2ccc(F)cc2)cn1.[Na+]. The van der Waals surface area contributed by atoms with Crippen LogP contribution in [0.4, 0.5) is 4.39 Å². The van der Waals surface area contributed by atoms with Crippen molar-refractivity contribution in [2.24, 2.45) is 30.7 Å². The van der Waals surface area contributed by atoms with E-state index in [2.05, 4.69) is 10.4 Å². The number of nitrogens with zero attached hydrogens (tertiary/aromatic N) is 2. The molecule has 6 nitrogen and oxygen atoms in total. The fourth-order valence-electron chi connectivity index (χ4n) is 4.85. The largest absolute Gasteiger partial charge is 1.00 e. The fraction of sp³-hybridized carbons (Fsp3) is 0.450. The molecule has 2 fully saturated rings. The number of carboxylic acids is 1. The van der Waals surface area contributed by atoms with Crippen LogP contribution in [-0.4, -0.2) is 21.7 Å². The fourth-order valence-corrected chi connectivity index (χ4v) is 4.85. The molecule has 0 saturated heterocycles. The van der Waals surface area contributed by atoms with Gasteiger partial charge >= 0.3 is 29.6 Å². The van der Waals surface area contributed by atoms with E-state index < -0.39 is 23.8 Å². The zero-order valence-corrected chi connectivity index (χ0v) is 18.0. The van der Waals surface area contributed by atoms with Crippen molar-refractivity contribution in [3.05, 3.63) is 53.6 Å². The van der Waals surface area contributed by atoms with Gasteiger partial charge in [-0.15, -0.1) is 0 Å². The Hall–Kier alpha value is -1.70. The number of halogens is 1. The van der Waals surface area contributed by atoms with Gasteiger partial charge in [0.05, 0.1) is 12.2 Å². The summed E-state index contributed by atoms with van der Waals surface area (Å²) >= 11 is 0. The Morgan fingerprint density at radius 2 is 1.82 bits per heavy atom. The van der Waals surface area contributed by atoms with Crippen molar-refractivity contribution < 1.29 is 48.6 Å². The number of hydrogen-bond donors (Lipinski definition) is 1. The average molecular weight is 393 g/mol. The van der Waals surface area contributed by atoms with Gasteiger partial charge in [0.15, 0.2) is 0 Å². The molecule has 0 spiro atoms. The van der Waals surface area contributed by atoms with Crippen LogP contribution in [-0.2, 0) is 16.6 Å². The third-order valence-electron chi connectivity index (χ3n) is 6.04. The van der Waals surface area contributed by atoms with E-state index in [0.29, 0.717) is 5.56 Å². The Labute approximate surface area is 184 Å². The van der Waals surface area contributed by atoms with Gasteiger partial charge in [-0.05, 0) is 48.8 Å². The molecule has 1 heterocycles. The van der Waals surface area contributed by atoms with E-state index in [0.717, 1.165) is 24.8 Å². The number of carbonyl (C=O) groups is 2. The van der Waals surface area contributed by atoms with Gasteiger partial charge in [-0.25, -0.2) is 4.39 Å². The molecule has 2 aliphatic rings. The summed E-state index contributed by atoms with van der Waals surface area (Å²) < 4.78 is 15.0. The minimum Gasteiger partial charge on any atom is -0.550 e. The summed E-state index contributed by atoms with van der Waals surface area (Å²) in [6, 6.07) is 5.39. The molecule has 2 saturated carbocycles. The molecular weight excluding hydrogens is 372 g/mol. The third-order valence-corrected chi connectivity index (χ3v) is 6.04. The summed E-state index contributed by atoms with van der Waals surface area (Å²) in [4.78, 5) is 24.7. The van der Waals surface area contributed by atoms with Gasteiger partial charge < -0.3 is 15.2 Å². The van der Waals surface area contributed by atoms with Crippen LogP contribution >= 0.6 is 0 Å². The van der Waals surface area contributed by atoms with E-state index in [1.165, 1.54) is 12.1 Å². The number of aromatic nitrogens is 2. The molecule has 2 bridgehead atoms. The van der Waals surface area contributed by atoms with Crippen LogP contribution in [0.5, 0.6) is 0 Å². The Morgan fingerprint density at radius 1 is 1.18 bits per heavy atom. The minimum atomic E-state index is -1.14. The van der Waals surface area contributed by atoms with E-state index in [-0.39, 0.29) is 53.1 Å². The molecule has 1 aromatic carbocycles. The number of carboxylic acid groups (broad SMARTS) is 1. The van der Waals surface area contributed by atoms with Crippen LogP contribution in [0, 0.1) is 29.5 Å². The number of benzene rings is 1. The van der Waals surface area contributed by atoms with Gasteiger partial charge in [0.2, 0.25) is 5.91 Å². The van der Waals surface area contributed by atoms with Crippen LogP contribution < -0.4 is 40.0 Å². The molecule has 1 unspecified atom stereocenters. The second-order valence-corrected chi connectivity index (χ2v) is 7.64. The van der Waals surface area contributed by atoms with Crippen molar-refractivity contribution in [3.8, 4) is 0 Å². The Bertz CT molecular complexity index is 870. The van der Waals surface area contributed by atoms with E-state index in [1.54, 1.807) is 36.3 Å². The quantitative estimate of drug-likeness (QED) is 0.606. The monoisotopic (exact) mass is 393 g/mol. The molecule has 2 aliphatic carbocycles. The van der Waals surface area contributed by atoms with E-state index in [4.69, 9.17) is 0 Å². The minimum absolute atomic E-state index is 0. The summed E-state index contributed by atoms with van der Waals surface area (Å²) in [5.41, 5.74) is 1.47. The normalized spacial score (nSPS) is 26.5. The van der Waals surface area contributed by atoms with Crippen LogP contribution in [0.2, 0.25) is 0 Å². The van der Waals surface area contributed by atoms with Crippen molar-refractivity contribution in [1.29, 1.82) is 0 Å². The molecule has 2 aromatic rings. The standard InChI is InChI=1S/C20H22FN3O3.Na/c1-24-10-14(9-22-24)18(11-4-6-15(21)7-5-11)23-19(25)16-12-2-3-13(8-12)17(16)20(26)27;/h4-7,9-10,12-13,16-18H,2-3,8H2,1H3,(H,23,25)(H,26,27);/q;+1/p-1/t12-,13+,16-,17+,18?;/m0./s1. The summed E-state index contributed by atoms with van der Waals surface area (Å²) in [6.45, 7) is 0. The van der Waals surface area contributed by atoms with Crippen LogP contribution in [0.3, 0.4) is 0 Å². The summed E-state index contributed by atoms with van der Waals surface area (Å²) in [5.74, 6) is -2.98. The number of amides is 1. The number of hydrogen-bond acceptors (Lipinski definition) is 4. The topological polar surface area (TPSA) is 87.0 Å². The molecule has 0 radical (unpaired) electrons. The average Bonchev–Trinajstić information content (AvgIpc) is 3.35. The molecule has 4 rings (SSSR count). The molecule has 1 aromatic heterocycles. The Balaban J connectivity index is 0.00000225. The first-order chi connectivity index (χ1) is 12.9. The maximum Gasteiger partial charge on any atom is 1.00 e. The smallest absolute Gasteiger partial charge is 0.550 e. The van der Waals surface area contributed by atoms with E-state index in [1.807, 2.05) is 0 Å². The van der Waals surface area contributed by atoms with E-state index >= 15 is 0 Å². The van der Waals surface area contributed by atoms with Gasteiger partial charge in [0.25, 0.3) is 0 Å². The molecular formula is C20H21FN3NaO3. The number of aliphatic carboxylic acids is 1. The van der Waals surface area contributed by atoms with Gasteiger partial charge in [-0.2, -0.15) is 5.10 Å². The first-order valence-corrected chi connectivity index (χ1v) is 9.19. The van der Waals surface area contributed by atoms with Crippen LogP contribution in [0.25, 0.3) is 0 Å². The summed E-state index contributed by atoms with van der Waals surface area (Å²) in [5, 5.41) is 18.8. The van der Waals surface area contributed by atoms with Gasteiger partial charge in [-0.1, -0.05) is 12.1 Å². The summed E-state index contributed by atoms with van der Waals surface area (Å²) in [6.07, 6.45) is 5.92. The summed E-state index contributed by atoms with van der Waals surface area (Å²) in [7, 11) is 1.77. The molecule has 8 heteroatoms. The van der Waals surface area contributed by atoms with Crippen molar-refractivity contribution >= 4 is 11.9 Å². The first kappa shape index (κ1) is 21.0. The second-order valence-electron chi connectivity index (χ2n) is 7.64. The van der Waals surface area contributed by atoms with Crippen molar-refractivity contribution in [3.63, 3.8) is 0 Å². The Kier molecular flexibility index (Phi) is 6.27. The first-order valence-electron chi connectivity index (χ1n) is 9.19. The number of rotatable bonds is 5. The number of fused-ring (bicyclic) bond motifs is 2. The van der Waals surface area contributed by atoms with Crippen molar-refractivity contribution in [2.45, 2.75) is 25.3 Å². The molecule has 142 valence electrons. The van der Waals surface area contributed by atoms with Crippen molar-refractivity contribution in [2.75, 3.05) is 0 Å². The zero-order valence-electron chi connectivity index (χ0n) is 16.0. The van der Waals surface area contributed by atoms with Gasteiger partial charge in [0.1, 0.15) is 5.82 Å². The number of nitrogens with one attached hydrogen (secondary N) is 1. The predicted octanol–water partition coefficient (Wildman–Crippen LogP) is -1.82. The maximum absolute atomic E-state index is 13.3. The number of aryl methyl sites for hydroxylation is 1. The molecule has 0 aliphatic heterocycles. The molecule has 1 amide bonds. The molecule has 1 N–H and O–H groups in total. The van der Waals surface area contributed by atoms with E-state index in [9.17, 15) is 19.1 Å². The van der Waals surface area contributed by atoms with Crippen molar-refractivity contribution in [1.82, 2.24) is 15.1 Å². The van der Waals surface area contributed by atoms with Gasteiger partial charge in [-0.3, -0.25) is 9.48 Å². The Morgan fingerprint density at radius 3 is 2.39 bits per heavy atom. The third kappa shape index (κ3) is 3.88. The second kappa shape index (κ2) is 8.35. The zero-order chi connectivity index (χ0) is 19.1. The molecule has 5 atom stereocenters.